The van der Waals surface area contributed by atoms with E-state index in [-0.39, 0.29) is 5.91 Å². The Morgan fingerprint density at radius 3 is 2.42 bits per heavy atom. The SMILES string of the molecule is Cc1cc(C)c(C(=O)Nc2ccc(N)nc2)cc1C. The van der Waals surface area contributed by atoms with Crippen LogP contribution < -0.4 is 11.1 Å². The zero-order valence-electron chi connectivity index (χ0n) is 11.3. The van der Waals surface area contributed by atoms with Gasteiger partial charge in [-0.25, -0.2) is 4.98 Å². The molecule has 2 aromatic rings. The number of nitrogens with two attached hydrogens (primary N) is 1. The topological polar surface area (TPSA) is 68.0 Å². The quantitative estimate of drug-likeness (QED) is 0.867. The van der Waals surface area contributed by atoms with Gasteiger partial charge in [-0.05, 0) is 55.7 Å². The number of carbonyl (C=O) groups excluding carboxylic acids is 1. The molecule has 0 spiro atoms. The van der Waals surface area contributed by atoms with Crippen LogP contribution in [0, 0.1) is 20.8 Å². The largest absolute Gasteiger partial charge is 0.384 e. The van der Waals surface area contributed by atoms with E-state index in [2.05, 4.69) is 10.3 Å². The predicted molar refractivity (Wildman–Crippen MR) is 77.3 cm³/mol. The van der Waals surface area contributed by atoms with Crippen molar-refractivity contribution in [3.05, 3.63) is 52.7 Å². The molecule has 4 nitrogen and oxygen atoms in total. The van der Waals surface area contributed by atoms with Crippen molar-refractivity contribution in [2.45, 2.75) is 20.8 Å². The molecule has 4 heteroatoms. The summed E-state index contributed by atoms with van der Waals surface area (Å²) in [6, 6.07) is 7.32. The number of nitrogen functional groups attached to an aromatic ring is 1. The maximum absolute atomic E-state index is 12.2. The third-order valence-electron chi connectivity index (χ3n) is 3.13. The molecule has 0 saturated heterocycles. The van der Waals surface area contributed by atoms with Crippen LogP contribution in [-0.4, -0.2) is 10.9 Å². The van der Waals surface area contributed by atoms with Gasteiger partial charge in [-0.15, -0.1) is 0 Å². The fraction of sp³-hybridized carbons (Fsp3) is 0.200. The Kier molecular flexibility index (Phi) is 3.51. The minimum absolute atomic E-state index is 0.132. The first-order valence-electron chi connectivity index (χ1n) is 6.08. The van der Waals surface area contributed by atoms with Crippen molar-refractivity contribution in [2.24, 2.45) is 0 Å². The second-order valence-corrected chi connectivity index (χ2v) is 4.68. The van der Waals surface area contributed by atoms with Crippen molar-refractivity contribution < 1.29 is 4.79 Å². The summed E-state index contributed by atoms with van der Waals surface area (Å²) in [5.74, 6) is 0.299. The molecule has 0 saturated carbocycles. The van der Waals surface area contributed by atoms with Crippen molar-refractivity contribution in [2.75, 3.05) is 11.1 Å². The number of amides is 1. The summed E-state index contributed by atoms with van der Waals surface area (Å²) < 4.78 is 0. The summed E-state index contributed by atoms with van der Waals surface area (Å²) in [7, 11) is 0. The van der Waals surface area contributed by atoms with Gasteiger partial charge in [0.1, 0.15) is 5.82 Å². The first-order chi connectivity index (χ1) is 8.97. The monoisotopic (exact) mass is 255 g/mol. The van der Waals surface area contributed by atoms with E-state index < -0.39 is 0 Å². The standard InChI is InChI=1S/C15H17N3O/c1-9-6-11(3)13(7-10(9)2)15(19)18-12-4-5-14(16)17-8-12/h4-8H,1-3H3,(H2,16,17)(H,18,19). The number of rotatable bonds is 2. The molecule has 0 aliphatic rings. The van der Waals surface area contributed by atoms with Gasteiger partial charge >= 0.3 is 0 Å². The van der Waals surface area contributed by atoms with Crippen LogP contribution in [0.2, 0.25) is 0 Å². The second-order valence-electron chi connectivity index (χ2n) is 4.68. The van der Waals surface area contributed by atoms with Crippen molar-refractivity contribution in [1.82, 2.24) is 4.98 Å². The molecule has 0 radical (unpaired) electrons. The minimum Gasteiger partial charge on any atom is -0.384 e. The number of hydrogen-bond donors (Lipinski definition) is 2. The number of aromatic nitrogens is 1. The first-order valence-corrected chi connectivity index (χ1v) is 6.08. The molecular formula is C15H17N3O. The van der Waals surface area contributed by atoms with Crippen molar-refractivity contribution >= 4 is 17.4 Å². The number of aryl methyl sites for hydroxylation is 3. The summed E-state index contributed by atoms with van der Waals surface area (Å²) in [4.78, 5) is 16.2. The highest BCUT2D eigenvalue weighted by atomic mass is 16.1. The van der Waals surface area contributed by atoms with E-state index in [9.17, 15) is 4.79 Å². The molecule has 0 aliphatic heterocycles. The number of carbonyl (C=O) groups is 1. The predicted octanol–water partition coefficient (Wildman–Crippen LogP) is 2.84. The van der Waals surface area contributed by atoms with Gasteiger partial charge < -0.3 is 11.1 Å². The van der Waals surface area contributed by atoms with E-state index in [0.717, 1.165) is 11.1 Å². The highest BCUT2D eigenvalue weighted by Gasteiger charge is 2.11. The summed E-state index contributed by atoms with van der Waals surface area (Å²) >= 11 is 0. The van der Waals surface area contributed by atoms with Crippen LogP contribution in [0.4, 0.5) is 11.5 Å². The number of nitrogens with one attached hydrogen (secondary N) is 1. The number of pyridine rings is 1. The summed E-state index contributed by atoms with van der Waals surface area (Å²) in [6.45, 7) is 5.97. The highest BCUT2D eigenvalue weighted by molar-refractivity contribution is 6.05. The van der Waals surface area contributed by atoms with Gasteiger partial charge in [0, 0.05) is 5.56 Å². The van der Waals surface area contributed by atoms with E-state index in [1.807, 2.05) is 32.9 Å². The maximum Gasteiger partial charge on any atom is 0.255 e. The Balaban J connectivity index is 2.25. The molecule has 0 fully saturated rings. The zero-order valence-corrected chi connectivity index (χ0v) is 11.3. The van der Waals surface area contributed by atoms with Crippen molar-refractivity contribution in [1.29, 1.82) is 0 Å². The molecule has 19 heavy (non-hydrogen) atoms. The Morgan fingerprint density at radius 2 is 1.79 bits per heavy atom. The molecule has 1 amide bonds. The van der Waals surface area contributed by atoms with Crippen LogP contribution in [0.3, 0.4) is 0 Å². The van der Waals surface area contributed by atoms with Crippen molar-refractivity contribution in [3.63, 3.8) is 0 Å². The molecule has 1 aromatic heterocycles. The van der Waals surface area contributed by atoms with Gasteiger partial charge in [0.05, 0.1) is 11.9 Å². The third-order valence-corrected chi connectivity index (χ3v) is 3.13. The van der Waals surface area contributed by atoms with Gasteiger partial charge in [-0.3, -0.25) is 4.79 Å². The van der Waals surface area contributed by atoms with Crippen molar-refractivity contribution in [3.8, 4) is 0 Å². The molecular weight excluding hydrogens is 238 g/mol. The molecule has 1 aromatic carbocycles. The molecule has 0 atom stereocenters. The average molecular weight is 255 g/mol. The van der Waals surface area contributed by atoms with E-state index in [0.29, 0.717) is 17.1 Å². The average Bonchev–Trinajstić information content (AvgIpc) is 2.36. The second kappa shape index (κ2) is 5.10. The summed E-state index contributed by atoms with van der Waals surface area (Å²) in [5, 5.41) is 2.82. The summed E-state index contributed by atoms with van der Waals surface area (Å²) in [6.07, 6.45) is 1.55. The lowest BCUT2D eigenvalue weighted by atomic mass is 10.0. The highest BCUT2D eigenvalue weighted by Crippen LogP contribution is 2.17. The van der Waals surface area contributed by atoms with E-state index in [4.69, 9.17) is 5.73 Å². The van der Waals surface area contributed by atoms with Gasteiger partial charge in [-0.2, -0.15) is 0 Å². The number of hydrogen-bond acceptors (Lipinski definition) is 3. The van der Waals surface area contributed by atoms with Crippen LogP contribution in [0.15, 0.2) is 30.5 Å². The van der Waals surface area contributed by atoms with E-state index in [1.54, 1.807) is 18.3 Å². The molecule has 0 bridgehead atoms. The van der Waals surface area contributed by atoms with Crippen LogP contribution in [0.25, 0.3) is 0 Å². The van der Waals surface area contributed by atoms with Crippen LogP contribution in [0.1, 0.15) is 27.0 Å². The van der Waals surface area contributed by atoms with E-state index >= 15 is 0 Å². The lowest BCUT2D eigenvalue weighted by Gasteiger charge is -2.10. The lowest BCUT2D eigenvalue weighted by molar-refractivity contribution is 0.102. The smallest absolute Gasteiger partial charge is 0.255 e. The zero-order chi connectivity index (χ0) is 14.0. The maximum atomic E-state index is 12.2. The fourth-order valence-electron chi connectivity index (χ4n) is 1.88. The van der Waals surface area contributed by atoms with Gasteiger partial charge in [0.25, 0.3) is 5.91 Å². The molecule has 3 N–H and O–H groups in total. The molecule has 98 valence electrons. The number of nitrogens with zero attached hydrogens (tertiary/aromatic N) is 1. The Hall–Kier alpha value is -2.36. The molecule has 0 unspecified atom stereocenters. The minimum atomic E-state index is -0.132. The normalized spacial score (nSPS) is 10.3. The number of anilines is 2. The Bertz CT molecular complexity index is 618. The third kappa shape index (κ3) is 2.91. The molecule has 1 heterocycles. The van der Waals surface area contributed by atoms with E-state index in [1.165, 1.54) is 5.56 Å². The lowest BCUT2D eigenvalue weighted by Crippen LogP contribution is -2.14. The Labute approximate surface area is 112 Å². The summed E-state index contributed by atoms with van der Waals surface area (Å²) in [5.41, 5.74) is 10.1. The molecule has 2 rings (SSSR count). The van der Waals surface area contributed by atoms with Crippen LogP contribution in [-0.2, 0) is 0 Å². The number of benzene rings is 1. The first kappa shape index (κ1) is 13.1. The fourth-order valence-corrected chi connectivity index (χ4v) is 1.88. The van der Waals surface area contributed by atoms with Crippen LogP contribution in [0.5, 0.6) is 0 Å². The molecule has 0 aliphatic carbocycles. The van der Waals surface area contributed by atoms with Gasteiger partial charge in [-0.1, -0.05) is 6.07 Å². The van der Waals surface area contributed by atoms with Gasteiger partial charge in [0.2, 0.25) is 0 Å². The van der Waals surface area contributed by atoms with Gasteiger partial charge in [0.15, 0.2) is 0 Å². The van der Waals surface area contributed by atoms with Crippen LogP contribution >= 0.6 is 0 Å². The Morgan fingerprint density at radius 1 is 1.11 bits per heavy atom.